The summed E-state index contributed by atoms with van der Waals surface area (Å²) in [6, 6.07) is 13.0. The van der Waals surface area contributed by atoms with Crippen molar-refractivity contribution in [1.29, 1.82) is 0 Å². The topological polar surface area (TPSA) is 89.5 Å². The molecule has 0 unspecified atom stereocenters. The molecule has 0 aliphatic carbocycles. The molecule has 0 aliphatic rings. The molecule has 33 heavy (non-hydrogen) atoms. The van der Waals surface area contributed by atoms with Crippen LogP contribution < -0.4 is 9.64 Å². The maximum absolute atomic E-state index is 13.6. The average Bonchev–Trinajstić information content (AvgIpc) is 3.29. The second kappa shape index (κ2) is 9.46. The second-order valence-electron chi connectivity index (χ2n) is 7.10. The lowest BCUT2D eigenvalue weighted by molar-refractivity contribution is 0.0985. The number of halogens is 1. The predicted molar refractivity (Wildman–Crippen MR) is 130 cm³/mol. The highest BCUT2D eigenvalue weighted by Gasteiger charge is 2.24. The van der Waals surface area contributed by atoms with Gasteiger partial charge in [0.05, 0.1) is 34.0 Å². The van der Waals surface area contributed by atoms with Gasteiger partial charge in [-0.05, 0) is 48.0 Å². The second-order valence-corrected chi connectivity index (χ2v) is 10.8. The first-order valence-electron chi connectivity index (χ1n) is 10.0. The van der Waals surface area contributed by atoms with Crippen molar-refractivity contribution in [2.45, 2.75) is 18.4 Å². The first kappa shape index (κ1) is 23.2. The quantitative estimate of drug-likeness (QED) is 0.354. The highest BCUT2D eigenvalue weighted by atomic mass is 35.5. The van der Waals surface area contributed by atoms with Crippen molar-refractivity contribution >= 4 is 54.0 Å². The van der Waals surface area contributed by atoms with Crippen molar-refractivity contribution in [3.63, 3.8) is 0 Å². The van der Waals surface area contributed by atoms with Crippen LogP contribution in [0.4, 0.5) is 5.13 Å². The van der Waals surface area contributed by atoms with Crippen LogP contribution in [0.5, 0.6) is 5.75 Å². The highest BCUT2D eigenvalue weighted by molar-refractivity contribution is 7.91. The minimum atomic E-state index is -3.36. The number of sulfone groups is 1. The smallest absolute Gasteiger partial charge is 0.260 e. The molecule has 2 aromatic heterocycles. The number of aromatic nitrogens is 2. The molecule has 0 atom stereocenters. The summed E-state index contributed by atoms with van der Waals surface area (Å²) in [5.74, 6) is 0.218. The molecule has 10 heteroatoms. The monoisotopic (exact) mass is 501 g/mol. The van der Waals surface area contributed by atoms with Crippen LogP contribution in [0.15, 0.2) is 65.8 Å². The summed E-state index contributed by atoms with van der Waals surface area (Å²) in [5.41, 5.74) is 1.72. The van der Waals surface area contributed by atoms with Gasteiger partial charge in [0.15, 0.2) is 15.0 Å². The fourth-order valence-corrected chi connectivity index (χ4v) is 5.39. The number of hydrogen-bond donors (Lipinski definition) is 0. The Morgan fingerprint density at radius 1 is 1.15 bits per heavy atom. The summed E-state index contributed by atoms with van der Waals surface area (Å²) in [5, 5.41) is 0.952. The Bertz CT molecular complexity index is 1410. The Hall–Kier alpha value is -3.01. The first-order chi connectivity index (χ1) is 15.8. The zero-order chi connectivity index (χ0) is 23.6. The van der Waals surface area contributed by atoms with E-state index in [-0.39, 0.29) is 23.1 Å². The largest absolute Gasteiger partial charge is 0.494 e. The zero-order valence-electron chi connectivity index (χ0n) is 17.9. The van der Waals surface area contributed by atoms with Gasteiger partial charge >= 0.3 is 0 Å². The number of rotatable bonds is 7. The average molecular weight is 502 g/mol. The van der Waals surface area contributed by atoms with E-state index in [4.69, 9.17) is 16.3 Å². The van der Waals surface area contributed by atoms with Crippen LogP contribution in [-0.2, 0) is 16.4 Å². The van der Waals surface area contributed by atoms with E-state index in [9.17, 15) is 13.2 Å². The van der Waals surface area contributed by atoms with Crippen LogP contribution in [0.25, 0.3) is 10.2 Å². The van der Waals surface area contributed by atoms with E-state index in [2.05, 4.69) is 9.97 Å². The predicted octanol–water partition coefficient (Wildman–Crippen LogP) is 4.99. The summed E-state index contributed by atoms with van der Waals surface area (Å²) in [6.45, 7) is 1.80. The lowest BCUT2D eigenvalue weighted by Gasteiger charge is -2.20. The van der Waals surface area contributed by atoms with Crippen molar-refractivity contribution in [3.05, 3.63) is 77.1 Å². The summed E-state index contributed by atoms with van der Waals surface area (Å²) in [7, 11) is -1.82. The molecular weight excluding hydrogens is 482 g/mol. The van der Waals surface area contributed by atoms with Gasteiger partial charge in [-0.1, -0.05) is 35.9 Å². The van der Waals surface area contributed by atoms with E-state index < -0.39 is 9.84 Å². The van der Waals surface area contributed by atoms with E-state index >= 15 is 0 Å². The van der Waals surface area contributed by atoms with Crippen LogP contribution in [0.3, 0.4) is 0 Å². The summed E-state index contributed by atoms with van der Waals surface area (Å²) in [4.78, 5) is 24.0. The molecule has 0 radical (unpaired) electrons. The molecule has 7 nitrogen and oxygen atoms in total. The number of pyridine rings is 1. The van der Waals surface area contributed by atoms with Gasteiger partial charge in [-0.2, -0.15) is 0 Å². The number of thiazole rings is 1. The van der Waals surface area contributed by atoms with Gasteiger partial charge < -0.3 is 4.74 Å². The van der Waals surface area contributed by atoms with Crippen LogP contribution >= 0.6 is 22.9 Å². The Morgan fingerprint density at radius 3 is 2.55 bits per heavy atom. The molecule has 0 N–H and O–H groups in total. The number of anilines is 1. The minimum Gasteiger partial charge on any atom is -0.494 e. The Balaban J connectivity index is 1.78. The SMILES string of the molecule is CCS(=O)(=O)c1ccc(C(=O)N(Cc2cccnc2)c2nc3c(OC)ccc(Cl)c3s2)cc1. The fraction of sp³-hybridized carbons (Fsp3) is 0.174. The molecule has 0 saturated heterocycles. The zero-order valence-corrected chi connectivity index (χ0v) is 20.2. The summed E-state index contributed by atoms with van der Waals surface area (Å²) >= 11 is 7.66. The molecule has 0 fully saturated rings. The lowest BCUT2D eigenvalue weighted by Crippen LogP contribution is -2.30. The number of hydrogen-bond acceptors (Lipinski definition) is 7. The van der Waals surface area contributed by atoms with E-state index in [1.807, 2.05) is 6.07 Å². The third kappa shape index (κ3) is 4.71. The fourth-order valence-electron chi connectivity index (χ4n) is 3.25. The molecule has 0 aliphatic heterocycles. The molecule has 170 valence electrons. The standard InChI is InChI=1S/C23H20ClN3O4S2/c1-3-33(29,30)17-8-6-16(7-9-17)22(28)27(14-15-5-4-12-25-13-15)23-26-20-19(31-2)11-10-18(24)21(20)32-23/h4-13H,3,14H2,1-2H3. The molecule has 4 rings (SSSR count). The maximum atomic E-state index is 13.6. The van der Waals surface area contributed by atoms with Crippen LogP contribution in [-0.4, -0.2) is 37.2 Å². The number of amides is 1. The number of nitrogens with zero attached hydrogens (tertiary/aromatic N) is 3. The van der Waals surface area contributed by atoms with E-state index in [1.165, 1.54) is 40.5 Å². The van der Waals surface area contributed by atoms with Gasteiger partial charge in [-0.25, -0.2) is 13.4 Å². The Labute approximate surface area is 200 Å². The third-order valence-electron chi connectivity index (χ3n) is 5.05. The Morgan fingerprint density at radius 2 is 1.91 bits per heavy atom. The van der Waals surface area contributed by atoms with Gasteiger partial charge in [0, 0.05) is 18.0 Å². The van der Waals surface area contributed by atoms with Gasteiger partial charge in [-0.15, -0.1) is 0 Å². The van der Waals surface area contributed by atoms with Crippen molar-refractivity contribution in [3.8, 4) is 5.75 Å². The molecule has 2 aromatic carbocycles. The number of carbonyl (C=O) groups is 1. The maximum Gasteiger partial charge on any atom is 0.260 e. The van der Waals surface area contributed by atoms with Crippen LogP contribution in [0.1, 0.15) is 22.8 Å². The Kier molecular flexibility index (Phi) is 6.64. The number of carbonyl (C=O) groups excluding carboxylic acids is 1. The number of ether oxygens (including phenoxy) is 1. The van der Waals surface area contributed by atoms with Crippen molar-refractivity contribution in [2.24, 2.45) is 0 Å². The van der Waals surface area contributed by atoms with Crippen molar-refractivity contribution < 1.29 is 17.9 Å². The van der Waals surface area contributed by atoms with Crippen molar-refractivity contribution in [2.75, 3.05) is 17.8 Å². The van der Waals surface area contributed by atoms with Gasteiger partial charge in [-0.3, -0.25) is 14.7 Å². The van der Waals surface area contributed by atoms with E-state index in [1.54, 1.807) is 44.6 Å². The van der Waals surface area contributed by atoms with Gasteiger partial charge in [0.2, 0.25) is 0 Å². The van der Waals surface area contributed by atoms with E-state index in [0.717, 1.165) is 5.56 Å². The minimum absolute atomic E-state index is 0.0122. The van der Waals surface area contributed by atoms with Crippen molar-refractivity contribution in [1.82, 2.24) is 9.97 Å². The molecule has 0 spiro atoms. The summed E-state index contributed by atoms with van der Waals surface area (Å²) in [6.07, 6.45) is 3.34. The summed E-state index contributed by atoms with van der Waals surface area (Å²) < 4.78 is 30.4. The molecular formula is C23H20ClN3O4S2. The van der Waals surface area contributed by atoms with Gasteiger partial charge in [0.1, 0.15) is 11.3 Å². The molecule has 0 saturated carbocycles. The number of benzene rings is 2. The van der Waals surface area contributed by atoms with Gasteiger partial charge in [0.25, 0.3) is 5.91 Å². The van der Waals surface area contributed by atoms with Crippen LogP contribution in [0.2, 0.25) is 5.02 Å². The number of methoxy groups -OCH3 is 1. The molecule has 2 heterocycles. The number of fused-ring (bicyclic) bond motifs is 1. The molecule has 1 amide bonds. The molecule has 4 aromatic rings. The normalized spacial score (nSPS) is 11.5. The molecule has 0 bridgehead atoms. The highest BCUT2D eigenvalue weighted by Crippen LogP contribution is 2.39. The third-order valence-corrected chi connectivity index (χ3v) is 8.34. The van der Waals surface area contributed by atoms with Crippen LogP contribution in [0, 0.1) is 0 Å². The lowest BCUT2D eigenvalue weighted by atomic mass is 10.2. The van der Waals surface area contributed by atoms with E-state index in [0.29, 0.717) is 31.7 Å². The first-order valence-corrected chi connectivity index (χ1v) is 12.9.